The average Bonchev–Trinajstić information content (AvgIpc) is 2.42. The van der Waals surface area contributed by atoms with Gasteiger partial charge in [-0.3, -0.25) is 9.88 Å². The smallest absolute Gasteiger partial charge is 0.335 e. The van der Waals surface area contributed by atoms with Gasteiger partial charge in [0.2, 0.25) is 0 Å². The molecule has 1 N–H and O–H groups in total. The summed E-state index contributed by atoms with van der Waals surface area (Å²) in [6.45, 7) is 8.54. The molecule has 0 aliphatic carbocycles. The number of hydrogen-bond donors (Lipinski definition) is 1. The lowest BCUT2D eigenvalue weighted by molar-refractivity contribution is 0.0697. The topological polar surface area (TPSA) is 53.4 Å². The fourth-order valence-corrected chi connectivity index (χ4v) is 2.84. The van der Waals surface area contributed by atoms with Gasteiger partial charge in [-0.05, 0) is 50.6 Å². The average molecular weight is 284 g/mol. The molecule has 0 spiro atoms. The first-order valence-electron chi connectivity index (χ1n) is 7.25. The summed E-state index contributed by atoms with van der Waals surface area (Å²) in [6, 6.07) is 7.23. The van der Waals surface area contributed by atoms with Crippen LogP contribution in [-0.2, 0) is 13.0 Å². The zero-order chi connectivity index (χ0) is 15.2. The van der Waals surface area contributed by atoms with Gasteiger partial charge in [0.1, 0.15) is 0 Å². The van der Waals surface area contributed by atoms with E-state index in [1.165, 1.54) is 5.56 Å². The van der Waals surface area contributed by atoms with E-state index >= 15 is 0 Å². The first kappa shape index (κ1) is 14.0. The molecule has 0 bridgehead atoms. The van der Waals surface area contributed by atoms with Crippen LogP contribution >= 0.6 is 0 Å². The van der Waals surface area contributed by atoms with Crippen LogP contribution in [-0.4, -0.2) is 33.0 Å². The Morgan fingerprint density at radius 3 is 2.71 bits per heavy atom. The molecule has 0 saturated carbocycles. The highest BCUT2D eigenvalue weighted by molar-refractivity contribution is 5.93. The fourth-order valence-electron chi connectivity index (χ4n) is 2.84. The van der Waals surface area contributed by atoms with Gasteiger partial charge in [0, 0.05) is 36.1 Å². The minimum atomic E-state index is -0.897. The van der Waals surface area contributed by atoms with Crippen LogP contribution in [0.3, 0.4) is 0 Å². The second-order valence-corrected chi connectivity index (χ2v) is 6.65. The van der Waals surface area contributed by atoms with Gasteiger partial charge in [-0.1, -0.05) is 0 Å². The lowest BCUT2D eigenvalue weighted by atomic mass is 9.97. The SMILES string of the molecule is CC(C)(C)N1CCc2nc3ccc(C(=O)O)cc3cc2C1. The van der Waals surface area contributed by atoms with Gasteiger partial charge in [0.25, 0.3) is 0 Å². The fraction of sp³-hybridized carbons (Fsp3) is 0.412. The largest absolute Gasteiger partial charge is 0.478 e. The number of rotatable bonds is 1. The van der Waals surface area contributed by atoms with E-state index in [0.29, 0.717) is 5.56 Å². The number of nitrogens with zero attached hydrogens (tertiary/aromatic N) is 2. The Morgan fingerprint density at radius 1 is 1.29 bits per heavy atom. The van der Waals surface area contributed by atoms with Crippen LogP contribution in [0.1, 0.15) is 42.4 Å². The summed E-state index contributed by atoms with van der Waals surface area (Å²) in [5.74, 6) is -0.897. The summed E-state index contributed by atoms with van der Waals surface area (Å²) < 4.78 is 0. The summed E-state index contributed by atoms with van der Waals surface area (Å²) in [4.78, 5) is 18.2. The molecule has 110 valence electrons. The summed E-state index contributed by atoms with van der Waals surface area (Å²) in [5.41, 5.74) is 3.68. The molecule has 3 rings (SSSR count). The summed E-state index contributed by atoms with van der Waals surface area (Å²) in [7, 11) is 0. The van der Waals surface area contributed by atoms with Gasteiger partial charge in [-0.15, -0.1) is 0 Å². The van der Waals surface area contributed by atoms with E-state index in [-0.39, 0.29) is 5.54 Å². The third-order valence-corrected chi connectivity index (χ3v) is 4.16. The molecule has 1 aliphatic rings. The van der Waals surface area contributed by atoms with Gasteiger partial charge in [0.05, 0.1) is 11.1 Å². The van der Waals surface area contributed by atoms with Crippen LogP contribution in [0.5, 0.6) is 0 Å². The molecule has 0 unspecified atom stereocenters. The second kappa shape index (κ2) is 4.81. The molecule has 21 heavy (non-hydrogen) atoms. The van der Waals surface area contributed by atoms with Crippen molar-refractivity contribution in [1.29, 1.82) is 0 Å². The maximum absolute atomic E-state index is 11.1. The molecule has 4 heteroatoms. The minimum Gasteiger partial charge on any atom is -0.478 e. The standard InChI is InChI=1S/C17H20N2O2/c1-17(2,3)19-7-6-15-13(10-19)9-12-8-11(16(20)21)4-5-14(12)18-15/h4-5,8-9H,6-7,10H2,1-3H3,(H,20,21). The summed E-state index contributed by atoms with van der Waals surface area (Å²) in [6.07, 6.45) is 0.948. The van der Waals surface area contributed by atoms with Crippen LogP contribution < -0.4 is 0 Å². The van der Waals surface area contributed by atoms with Crippen molar-refractivity contribution in [1.82, 2.24) is 9.88 Å². The number of carboxylic acids is 1. The van der Waals surface area contributed by atoms with Crippen LogP contribution in [0.25, 0.3) is 10.9 Å². The predicted octanol–water partition coefficient (Wildman–Crippen LogP) is 3.09. The number of carboxylic acid groups (broad SMARTS) is 1. The molecule has 0 radical (unpaired) electrons. The lowest BCUT2D eigenvalue weighted by Crippen LogP contribution is -2.44. The van der Waals surface area contributed by atoms with Crippen molar-refractivity contribution in [3.8, 4) is 0 Å². The highest BCUT2D eigenvalue weighted by Crippen LogP contribution is 2.27. The maximum Gasteiger partial charge on any atom is 0.335 e. The zero-order valence-corrected chi connectivity index (χ0v) is 12.7. The van der Waals surface area contributed by atoms with E-state index in [9.17, 15) is 4.79 Å². The minimum absolute atomic E-state index is 0.134. The van der Waals surface area contributed by atoms with E-state index in [1.54, 1.807) is 18.2 Å². The molecule has 1 aliphatic heterocycles. The summed E-state index contributed by atoms with van der Waals surface area (Å²) >= 11 is 0. The van der Waals surface area contributed by atoms with Crippen molar-refractivity contribution < 1.29 is 9.90 Å². The van der Waals surface area contributed by atoms with Gasteiger partial charge in [-0.25, -0.2) is 4.79 Å². The molecule has 0 fully saturated rings. The Kier molecular flexibility index (Phi) is 3.21. The van der Waals surface area contributed by atoms with Crippen molar-refractivity contribution >= 4 is 16.9 Å². The molecule has 2 heterocycles. The molecule has 2 aromatic rings. The normalized spacial score (nSPS) is 16.0. The number of aromatic nitrogens is 1. The number of aromatic carboxylic acids is 1. The van der Waals surface area contributed by atoms with Gasteiger partial charge < -0.3 is 5.11 Å². The van der Waals surface area contributed by atoms with Crippen molar-refractivity contribution in [3.05, 3.63) is 41.1 Å². The highest BCUT2D eigenvalue weighted by Gasteiger charge is 2.26. The van der Waals surface area contributed by atoms with Crippen molar-refractivity contribution in [2.45, 2.75) is 39.3 Å². The molecule has 0 amide bonds. The Labute approximate surface area is 124 Å². The van der Waals surface area contributed by atoms with E-state index in [1.807, 2.05) is 0 Å². The first-order chi connectivity index (χ1) is 9.84. The summed E-state index contributed by atoms with van der Waals surface area (Å²) in [5, 5.41) is 10.0. The van der Waals surface area contributed by atoms with Crippen molar-refractivity contribution in [2.75, 3.05) is 6.54 Å². The van der Waals surface area contributed by atoms with Crippen molar-refractivity contribution in [3.63, 3.8) is 0 Å². The van der Waals surface area contributed by atoms with Crippen LogP contribution in [0.4, 0.5) is 0 Å². The maximum atomic E-state index is 11.1. The van der Waals surface area contributed by atoms with E-state index in [4.69, 9.17) is 10.1 Å². The van der Waals surface area contributed by atoms with Crippen LogP contribution in [0.2, 0.25) is 0 Å². The molecular formula is C17H20N2O2. The van der Waals surface area contributed by atoms with Gasteiger partial charge >= 0.3 is 5.97 Å². The van der Waals surface area contributed by atoms with E-state index in [2.05, 4.69) is 31.7 Å². The number of carbonyl (C=O) groups is 1. The molecule has 0 atom stereocenters. The monoisotopic (exact) mass is 284 g/mol. The highest BCUT2D eigenvalue weighted by atomic mass is 16.4. The van der Waals surface area contributed by atoms with E-state index < -0.39 is 5.97 Å². The number of benzene rings is 1. The molecule has 4 nitrogen and oxygen atoms in total. The van der Waals surface area contributed by atoms with Crippen molar-refractivity contribution in [2.24, 2.45) is 0 Å². The van der Waals surface area contributed by atoms with Gasteiger partial charge in [-0.2, -0.15) is 0 Å². The number of pyridine rings is 1. The molecule has 0 saturated heterocycles. The molecule has 1 aromatic heterocycles. The Balaban J connectivity index is 2.04. The lowest BCUT2D eigenvalue weighted by Gasteiger charge is -2.38. The van der Waals surface area contributed by atoms with E-state index in [0.717, 1.165) is 36.1 Å². The molecule has 1 aromatic carbocycles. The Bertz CT molecular complexity index is 717. The Hall–Kier alpha value is -1.94. The molecular weight excluding hydrogens is 264 g/mol. The van der Waals surface area contributed by atoms with Crippen LogP contribution in [0, 0.1) is 0 Å². The third-order valence-electron chi connectivity index (χ3n) is 4.16. The van der Waals surface area contributed by atoms with Gasteiger partial charge in [0.15, 0.2) is 0 Å². The number of fused-ring (bicyclic) bond motifs is 2. The zero-order valence-electron chi connectivity index (χ0n) is 12.7. The predicted molar refractivity (Wildman–Crippen MR) is 82.6 cm³/mol. The third kappa shape index (κ3) is 2.63. The second-order valence-electron chi connectivity index (χ2n) is 6.65. The number of hydrogen-bond acceptors (Lipinski definition) is 3. The first-order valence-corrected chi connectivity index (χ1v) is 7.25. The Morgan fingerprint density at radius 2 is 2.05 bits per heavy atom. The quantitative estimate of drug-likeness (QED) is 0.874. The van der Waals surface area contributed by atoms with Crippen LogP contribution in [0.15, 0.2) is 24.3 Å².